The van der Waals surface area contributed by atoms with Gasteiger partial charge in [-0.2, -0.15) is 0 Å². The number of carbonyl (C=O) groups is 1. The zero-order valence-corrected chi connectivity index (χ0v) is 17.6. The molecule has 2 aromatic carbocycles. The van der Waals surface area contributed by atoms with E-state index in [-0.39, 0.29) is 11.9 Å². The predicted molar refractivity (Wildman–Crippen MR) is 115 cm³/mol. The molecule has 1 saturated heterocycles. The van der Waals surface area contributed by atoms with E-state index in [0.717, 1.165) is 24.6 Å². The van der Waals surface area contributed by atoms with E-state index in [1.807, 2.05) is 6.92 Å². The smallest absolute Gasteiger partial charge is 0.261 e. The largest absolute Gasteiger partial charge is 0.481 e. The van der Waals surface area contributed by atoms with Crippen molar-refractivity contribution < 1.29 is 9.53 Å². The van der Waals surface area contributed by atoms with E-state index in [2.05, 4.69) is 41.4 Å². The molecule has 0 saturated carbocycles. The first kappa shape index (κ1) is 20.5. The molecule has 0 spiro atoms. The topological polar surface area (TPSA) is 41.6 Å². The Labute approximate surface area is 172 Å². The van der Waals surface area contributed by atoms with Gasteiger partial charge in [0.15, 0.2) is 6.10 Å². The highest BCUT2D eigenvalue weighted by atomic mass is 35.5. The second kappa shape index (κ2) is 9.33. The molecule has 1 aliphatic rings. The van der Waals surface area contributed by atoms with Crippen LogP contribution in [0.25, 0.3) is 0 Å². The molecule has 2 atom stereocenters. The Morgan fingerprint density at radius 3 is 2.46 bits per heavy atom. The van der Waals surface area contributed by atoms with Gasteiger partial charge in [-0.3, -0.25) is 4.79 Å². The van der Waals surface area contributed by atoms with Crippen LogP contribution in [0.2, 0.25) is 5.02 Å². The van der Waals surface area contributed by atoms with Gasteiger partial charge in [0.25, 0.3) is 5.91 Å². The Balaban J connectivity index is 1.54. The first-order valence-corrected chi connectivity index (χ1v) is 10.4. The zero-order valence-electron chi connectivity index (χ0n) is 16.8. The van der Waals surface area contributed by atoms with Crippen molar-refractivity contribution in [3.63, 3.8) is 0 Å². The molecule has 0 aromatic heterocycles. The van der Waals surface area contributed by atoms with Crippen LogP contribution < -0.4 is 15.0 Å². The molecular formula is C23H29ClN2O2. The number of hydrogen-bond donors (Lipinski definition) is 1. The summed E-state index contributed by atoms with van der Waals surface area (Å²) in [6.07, 6.45) is 1.90. The first-order valence-electron chi connectivity index (χ1n) is 10.00. The summed E-state index contributed by atoms with van der Waals surface area (Å²) >= 11 is 5.96. The van der Waals surface area contributed by atoms with Crippen molar-refractivity contribution >= 4 is 23.2 Å². The van der Waals surface area contributed by atoms with Gasteiger partial charge in [-0.15, -0.1) is 0 Å². The number of hydrogen-bond acceptors (Lipinski definition) is 3. The fourth-order valence-corrected chi connectivity index (χ4v) is 3.63. The average molecular weight is 401 g/mol. The molecule has 150 valence electrons. The van der Waals surface area contributed by atoms with Gasteiger partial charge in [0.2, 0.25) is 0 Å². The van der Waals surface area contributed by atoms with Crippen LogP contribution in [-0.2, 0) is 4.79 Å². The summed E-state index contributed by atoms with van der Waals surface area (Å²) in [7, 11) is 0. The number of benzene rings is 2. The zero-order chi connectivity index (χ0) is 20.1. The van der Waals surface area contributed by atoms with E-state index in [9.17, 15) is 4.79 Å². The molecule has 1 amide bonds. The molecule has 5 heteroatoms. The van der Waals surface area contributed by atoms with Crippen LogP contribution in [0.15, 0.2) is 48.5 Å². The van der Waals surface area contributed by atoms with Gasteiger partial charge >= 0.3 is 0 Å². The van der Waals surface area contributed by atoms with E-state index in [1.54, 1.807) is 31.2 Å². The Kier molecular flexibility index (Phi) is 6.84. The lowest BCUT2D eigenvalue weighted by Crippen LogP contribution is -2.37. The number of halogens is 1. The maximum Gasteiger partial charge on any atom is 0.261 e. The fraction of sp³-hybridized carbons (Fsp3) is 0.435. The van der Waals surface area contributed by atoms with Crippen molar-refractivity contribution in [3.8, 4) is 5.75 Å². The summed E-state index contributed by atoms with van der Waals surface area (Å²) < 4.78 is 5.70. The number of nitrogens with zero attached hydrogens (tertiary/aromatic N) is 1. The molecule has 4 nitrogen and oxygen atoms in total. The third kappa shape index (κ3) is 5.41. The highest BCUT2D eigenvalue weighted by molar-refractivity contribution is 6.30. The monoisotopic (exact) mass is 400 g/mol. The summed E-state index contributed by atoms with van der Waals surface area (Å²) in [5.41, 5.74) is 2.34. The molecule has 1 heterocycles. The minimum Gasteiger partial charge on any atom is -0.481 e. The van der Waals surface area contributed by atoms with Crippen LogP contribution in [0.3, 0.4) is 0 Å². The van der Waals surface area contributed by atoms with Crippen molar-refractivity contribution in [1.82, 2.24) is 5.32 Å². The van der Waals surface area contributed by atoms with Gasteiger partial charge in [0, 0.05) is 23.8 Å². The van der Waals surface area contributed by atoms with Crippen LogP contribution in [0.1, 0.15) is 45.2 Å². The van der Waals surface area contributed by atoms with E-state index in [1.165, 1.54) is 18.5 Å². The third-order valence-electron chi connectivity index (χ3n) is 5.38. The molecule has 2 aromatic rings. The molecule has 0 aliphatic carbocycles. The van der Waals surface area contributed by atoms with Gasteiger partial charge < -0.3 is 15.0 Å². The average Bonchev–Trinajstić information content (AvgIpc) is 2.68. The maximum absolute atomic E-state index is 12.5. The van der Waals surface area contributed by atoms with Gasteiger partial charge in [0.1, 0.15) is 5.75 Å². The van der Waals surface area contributed by atoms with Crippen LogP contribution in [0.4, 0.5) is 5.69 Å². The van der Waals surface area contributed by atoms with Gasteiger partial charge in [0.05, 0.1) is 6.04 Å². The second-order valence-electron chi connectivity index (χ2n) is 7.71. The number of piperidine rings is 1. The van der Waals surface area contributed by atoms with Crippen molar-refractivity contribution in [3.05, 3.63) is 59.1 Å². The van der Waals surface area contributed by atoms with E-state index in [4.69, 9.17) is 16.3 Å². The van der Waals surface area contributed by atoms with Crippen LogP contribution in [-0.4, -0.2) is 25.1 Å². The molecule has 0 radical (unpaired) electrons. The standard InChI is InChI=1S/C23H29ClN2O2/c1-16-11-13-26(14-12-16)21-9-7-19(8-10-21)17(2)25-23(27)18(3)28-22-6-4-5-20(24)15-22/h4-10,15-18H,11-14H2,1-3H3,(H,25,27)/t17-,18-/m1/s1. The van der Waals surface area contributed by atoms with Crippen molar-refractivity contribution in [1.29, 1.82) is 0 Å². The number of rotatable bonds is 6. The lowest BCUT2D eigenvalue weighted by Gasteiger charge is -2.32. The molecule has 1 N–H and O–H groups in total. The summed E-state index contributed by atoms with van der Waals surface area (Å²) in [4.78, 5) is 14.9. The van der Waals surface area contributed by atoms with Crippen LogP contribution in [0, 0.1) is 5.92 Å². The first-order chi connectivity index (χ1) is 13.4. The number of ether oxygens (including phenoxy) is 1. The van der Waals surface area contributed by atoms with Gasteiger partial charge in [-0.05, 0) is 68.5 Å². The van der Waals surface area contributed by atoms with Gasteiger partial charge in [-0.1, -0.05) is 36.7 Å². The molecule has 1 fully saturated rings. The lowest BCUT2D eigenvalue weighted by molar-refractivity contribution is -0.127. The van der Waals surface area contributed by atoms with E-state index in [0.29, 0.717) is 10.8 Å². The molecule has 28 heavy (non-hydrogen) atoms. The highest BCUT2D eigenvalue weighted by Gasteiger charge is 2.19. The number of amides is 1. The SMILES string of the molecule is CC1CCN(c2ccc([C@@H](C)NC(=O)[C@@H](C)Oc3cccc(Cl)c3)cc2)CC1. The highest BCUT2D eigenvalue weighted by Crippen LogP contribution is 2.25. The minimum absolute atomic E-state index is 0.0895. The number of nitrogens with one attached hydrogen (secondary N) is 1. The lowest BCUT2D eigenvalue weighted by atomic mass is 9.98. The quantitative estimate of drug-likeness (QED) is 0.722. The Bertz CT molecular complexity index is 785. The summed E-state index contributed by atoms with van der Waals surface area (Å²) in [5.74, 6) is 1.26. The molecule has 0 bridgehead atoms. The van der Waals surface area contributed by atoms with Crippen molar-refractivity contribution in [2.45, 2.75) is 45.8 Å². The van der Waals surface area contributed by atoms with E-state index >= 15 is 0 Å². The summed E-state index contributed by atoms with van der Waals surface area (Å²) in [5, 5.41) is 3.61. The van der Waals surface area contributed by atoms with Gasteiger partial charge in [-0.25, -0.2) is 0 Å². The number of carbonyl (C=O) groups excluding carboxylic acids is 1. The second-order valence-corrected chi connectivity index (χ2v) is 8.15. The normalized spacial score (nSPS) is 17.1. The minimum atomic E-state index is -0.601. The Morgan fingerprint density at radius 1 is 1.14 bits per heavy atom. The number of anilines is 1. The Morgan fingerprint density at radius 2 is 1.82 bits per heavy atom. The summed E-state index contributed by atoms with van der Waals surface area (Å²) in [6.45, 7) is 8.28. The molecule has 0 unspecified atom stereocenters. The summed E-state index contributed by atoms with van der Waals surface area (Å²) in [6, 6.07) is 15.5. The van der Waals surface area contributed by atoms with E-state index < -0.39 is 6.10 Å². The maximum atomic E-state index is 12.5. The molecule has 1 aliphatic heterocycles. The van der Waals surface area contributed by atoms with Crippen molar-refractivity contribution in [2.24, 2.45) is 5.92 Å². The molecular weight excluding hydrogens is 372 g/mol. The van der Waals surface area contributed by atoms with Crippen LogP contribution >= 0.6 is 11.6 Å². The predicted octanol–water partition coefficient (Wildman–Crippen LogP) is 5.22. The Hall–Kier alpha value is -2.20. The van der Waals surface area contributed by atoms with Crippen molar-refractivity contribution in [2.75, 3.05) is 18.0 Å². The fourth-order valence-electron chi connectivity index (χ4n) is 3.45. The third-order valence-corrected chi connectivity index (χ3v) is 5.61. The van der Waals surface area contributed by atoms with Crippen LogP contribution in [0.5, 0.6) is 5.75 Å². The molecule has 3 rings (SSSR count).